The van der Waals surface area contributed by atoms with Gasteiger partial charge in [0.2, 0.25) is 0 Å². The third kappa shape index (κ3) is 13.5. The summed E-state index contributed by atoms with van der Waals surface area (Å²) in [5.41, 5.74) is 4.00. The average molecular weight is 895 g/mol. The molecule has 66 heavy (non-hydrogen) atoms. The highest BCUT2D eigenvalue weighted by molar-refractivity contribution is 6.01. The molecule has 12 N–H and O–H groups in total. The first-order valence-electron chi connectivity index (χ1n) is 19.9. The molecule has 6 amide bonds. The Morgan fingerprint density at radius 3 is 0.818 bits per heavy atom. The second-order valence-electron chi connectivity index (χ2n) is 14.6. The summed E-state index contributed by atoms with van der Waals surface area (Å²) >= 11 is 0. The summed E-state index contributed by atoms with van der Waals surface area (Å²) in [7, 11) is 0. The van der Waals surface area contributed by atoms with Gasteiger partial charge in [-0.2, -0.15) is 0 Å². The molecule has 0 spiro atoms. The Kier molecular flexibility index (Phi) is 13.9. The molecule has 336 valence electrons. The van der Waals surface area contributed by atoms with Crippen molar-refractivity contribution < 1.29 is 59.2 Å². The molecule has 0 aliphatic rings. The number of hydrogen-bond donors (Lipinski definition) is 12. The van der Waals surface area contributed by atoms with Crippen LogP contribution in [-0.2, 0) is 19.8 Å². The van der Waals surface area contributed by atoms with Crippen molar-refractivity contribution in [1.29, 1.82) is 0 Å². The summed E-state index contributed by atoms with van der Waals surface area (Å²) in [4.78, 5) is 38.0. The summed E-state index contributed by atoms with van der Waals surface area (Å²) < 4.78 is 18.4. The van der Waals surface area contributed by atoms with Gasteiger partial charge in [-0.25, -0.2) is 14.4 Å². The van der Waals surface area contributed by atoms with Crippen LogP contribution in [0.4, 0.5) is 48.5 Å². The minimum absolute atomic E-state index is 0.0933. The molecule has 0 aliphatic heterocycles. The highest BCUT2D eigenvalue weighted by atomic mass is 16.5. The molecule has 7 aromatic carbocycles. The van der Waals surface area contributed by atoms with Crippen molar-refractivity contribution in [2.45, 2.75) is 19.8 Å². The van der Waals surface area contributed by atoms with E-state index in [4.69, 9.17) is 14.2 Å². The van der Waals surface area contributed by atoms with Gasteiger partial charge in [-0.1, -0.05) is 18.2 Å². The van der Waals surface area contributed by atoms with Gasteiger partial charge < -0.3 is 76.8 Å². The number of amides is 6. The molecule has 18 heteroatoms. The highest BCUT2D eigenvalue weighted by Crippen LogP contribution is 2.28. The second kappa shape index (κ2) is 20.6. The van der Waals surface area contributed by atoms with E-state index in [9.17, 15) is 45.0 Å². The summed E-state index contributed by atoms with van der Waals surface area (Å²) in [5.74, 6) is 0.00135. The molecule has 0 unspecified atom stereocenters. The van der Waals surface area contributed by atoms with Crippen LogP contribution in [-0.4, -0.2) is 48.7 Å². The number of urea groups is 3. The lowest BCUT2D eigenvalue weighted by Gasteiger charge is -2.15. The van der Waals surface area contributed by atoms with Gasteiger partial charge >= 0.3 is 18.1 Å². The third-order valence-corrected chi connectivity index (χ3v) is 9.09. The van der Waals surface area contributed by atoms with Crippen molar-refractivity contribution in [3.8, 4) is 51.7 Å². The highest BCUT2D eigenvalue weighted by Gasteiger charge is 2.12. The number of carbonyl (C=O) groups excluding carboxylic acids is 3. The summed E-state index contributed by atoms with van der Waals surface area (Å²) in [6.07, 6.45) is 0. The first-order chi connectivity index (χ1) is 31.7. The number of phenolic OH excluding ortho intramolecular Hbond substituents is 6. The zero-order valence-corrected chi connectivity index (χ0v) is 34.6. The molecule has 0 bridgehead atoms. The summed E-state index contributed by atoms with van der Waals surface area (Å²) in [6.45, 7) is 0.280. The van der Waals surface area contributed by atoms with Crippen LogP contribution < -0.4 is 46.1 Å². The van der Waals surface area contributed by atoms with Gasteiger partial charge in [-0.15, -0.1) is 0 Å². The van der Waals surface area contributed by atoms with Crippen LogP contribution in [0, 0.1) is 0 Å². The lowest BCUT2D eigenvalue weighted by molar-refractivity contribution is 0.261. The minimum Gasteiger partial charge on any atom is -0.508 e. The van der Waals surface area contributed by atoms with E-state index >= 15 is 0 Å². The van der Waals surface area contributed by atoms with Crippen molar-refractivity contribution in [3.63, 3.8) is 0 Å². The van der Waals surface area contributed by atoms with Crippen LogP contribution in [0.25, 0.3) is 0 Å². The van der Waals surface area contributed by atoms with Gasteiger partial charge in [0.1, 0.15) is 71.6 Å². The van der Waals surface area contributed by atoms with Gasteiger partial charge in [0, 0.05) is 107 Å². The fraction of sp³-hybridized carbons (Fsp3) is 0.0625. The maximum Gasteiger partial charge on any atom is 0.323 e. The van der Waals surface area contributed by atoms with Gasteiger partial charge in [0.15, 0.2) is 0 Å². The van der Waals surface area contributed by atoms with Crippen LogP contribution in [0.3, 0.4) is 0 Å². The van der Waals surface area contributed by atoms with Crippen molar-refractivity contribution in [3.05, 3.63) is 162 Å². The Labute approximate surface area is 376 Å². The molecule has 0 atom stereocenters. The Balaban J connectivity index is 1.03. The SMILES string of the molecule is O=C(Nc1cc(O)cc(O)c1)Nc1cccc(OCc2cc(COc3cccc(NC(=O)Nc4cc(O)cc(O)c4)c3)cc(COc3cccc(NC(=O)Nc4cc(O)cc(O)c4)c3)c2)c1. The number of aromatic hydroxyl groups is 6. The van der Waals surface area contributed by atoms with Crippen LogP contribution in [0.5, 0.6) is 51.7 Å². The Morgan fingerprint density at radius 1 is 0.318 bits per heavy atom. The number of benzene rings is 7. The lowest BCUT2D eigenvalue weighted by atomic mass is 10.1. The Morgan fingerprint density at radius 2 is 0.561 bits per heavy atom. The van der Waals surface area contributed by atoms with Crippen LogP contribution in [0.2, 0.25) is 0 Å². The van der Waals surface area contributed by atoms with E-state index in [1.165, 1.54) is 36.4 Å². The standard InChI is InChI=1S/C48H42N6O12/c55-37-13-34(14-38(56)22-37)52-46(61)49-31-4-1-7-43(19-31)64-25-28-10-29(26-65-44-8-2-5-32(20-44)50-47(62)53-35-15-39(57)23-40(58)16-35)12-30(11-28)27-66-45-9-3-6-33(21-45)51-48(63)54-36-17-41(59)24-42(60)18-36/h1-24,55-60H,25-27H2,(H2,49,52,61)(H2,50,53,62)(H2,51,54,63). The largest absolute Gasteiger partial charge is 0.508 e. The molecular weight excluding hydrogens is 853 g/mol. The van der Waals surface area contributed by atoms with Crippen molar-refractivity contribution in [2.75, 3.05) is 31.9 Å². The third-order valence-electron chi connectivity index (χ3n) is 9.09. The zero-order valence-electron chi connectivity index (χ0n) is 34.6. The number of nitrogens with one attached hydrogen (secondary N) is 6. The fourth-order valence-corrected chi connectivity index (χ4v) is 6.46. The van der Waals surface area contributed by atoms with Gasteiger partial charge in [-0.3, -0.25) is 0 Å². The molecular formula is C48H42N6O12. The predicted molar refractivity (Wildman–Crippen MR) is 246 cm³/mol. The van der Waals surface area contributed by atoms with Crippen molar-refractivity contribution in [2.24, 2.45) is 0 Å². The van der Waals surface area contributed by atoms with E-state index < -0.39 is 18.1 Å². The molecule has 0 aromatic heterocycles. The van der Waals surface area contributed by atoms with E-state index in [2.05, 4.69) is 31.9 Å². The lowest BCUT2D eigenvalue weighted by Crippen LogP contribution is -2.19. The number of rotatable bonds is 15. The predicted octanol–water partition coefficient (Wildman–Crippen LogP) is 9.59. The number of phenols is 6. The maximum atomic E-state index is 12.7. The molecule has 0 saturated carbocycles. The van der Waals surface area contributed by atoms with Crippen molar-refractivity contribution in [1.82, 2.24) is 0 Å². The maximum absolute atomic E-state index is 12.7. The first kappa shape index (κ1) is 44.6. The van der Waals surface area contributed by atoms with E-state index in [0.29, 0.717) is 34.3 Å². The normalized spacial score (nSPS) is 10.5. The van der Waals surface area contributed by atoms with Gasteiger partial charge in [0.05, 0.1) is 0 Å². The second-order valence-corrected chi connectivity index (χ2v) is 14.6. The van der Waals surface area contributed by atoms with E-state index in [0.717, 1.165) is 34.9 Å². The molecule has 7 rings (SSSR count). The quantitative estimate of drug-likeness (QED) is 0.0459. The van der Waals surface area contributed by atoms with E-state index in [-0.39, 0.29) is 71.4 Å². The first-order valence-corrected chi connectivity index (χ1v) is 19.9. The molecule has 18 nitrogen and oxygen atoms in total. The minimum atomic E-state index is -0.618. The molecule has 7 aromatic rings. The van der Waals surface area contributed by atoms with E-state index in [1.54, 1.807) is 72.8 Å². The monoisotopic (exact) mass is 894 g/mol. The molecule has 0 saturated heterocycles. The fourth-order valence-electron chi connectivity index (χ4n) is 6.46. The van der Waals surface area contributed by atoms with Crippen LogP contribution in [0.1, 0.15) is 16.7 Å². The number of hydrogen-bond acceptors (Lipinski definition) is 12. The average Bonchev–Trinajstić information content (AvgIpc) is 3.23. The molecule has 0 heterocycles. The topological polar surface area (TPSA) is 272 Å². The summed E-state index contributed by atoms with van der Waals surface area (Å²) in [6, 6.07) is 35.0. The smallest absolute Gasteiger partial charge is 0.323 e. The van der Waals surface area contributed by atoms with Gasteiger partial charge in [0.25, 0.3) is 0 Å². The van der Waals surface area contributed by atoms with Crippen LogP contribution in [0.15, 0.2) is 146 Å². The Hall–Kier alpha value is -9.45. The summed E-state index contributed by atoms with van der Waals surface area (Å²) in [5, 5.41) is 74.2. The zero-order chi connectivity index (χ0) is 46.6. The van der Waals surface area contributed by atoms with Crippen LogP contribution >= 0.6 is 0 Å². The molecule has 0 fully saturated rings. The van der Waals surface area contributed by atoms with E-state index in [1.807, 2.05) is 18.2 Å². The molecule has 0 radical (unpaired) electrons. The van der Waals surface area contributed by atoms with Gasteiger partial charge in [-0.05, 0) is 71.3 Å². The number of anilines is 6. The number of ether oxygens (including phenoxy) is 3. The van der Waals surface area contributed by atoms with Crippen molar-refractivity contribution >= 4 is 52.2 Å². The Bertz CT molecular complexity index is 2510. The molecule has 0 aliphatic carbocycles. The number of carbonyl (C=O) groups is 3.